The second-order valence-electron chi connectivity index (χ2n) is 5.79. The molecular formula is C20H19FN2O2. The van der Waals surface area contributed by atoms with Crippen LogP contribution in [-0.4, -0.2) is 10.9 Å². The van der Waals surface area contributed by atoms with Gasteiger partial charge in [-0.3, -0.25) is 4.79 Å². The Morgan fingerprint density at radius 2 is 1.84 bits per heavy atom. The highest BCUT2D eigenvalue weighted by Crippen LogP contribution is 2.22. The summed E-state index contributed by atoms with van der Waals surface area (Å²) in [6, 6.07) is 15.7. The number of carbonyl (C=O) groups excluding carboxylic acids is 1. The summed E-state index contributed by atoms with van der Waals surface area (Å²) < 4.78 is 18.5. The van der Waals surface area contributed by atoms with E-state index in [0.29, 0.717) is 25.3 Å². The molecule has 0 radical (unpaired) electrons. The van der Waals surface area contributed by atoms with Gasteiger partial charge in [0.1, 0.15) is 11.6 Å². The summed E-state index contributed by atoms with van der Waals surface area (Å²) in [6.07, 6.45) is 0.834. The van der Waals surface area contributed by atoms with Gasteiger partial charge in [-0.25, -0.2) is 9.37 Å². The first kappa shape index (κ1) is 16.9. The summed E-state index contributed by atoms with van der Waals surface area (Å²) in [5, 5.41) is 2.83. The van der Waals surface area contributed by atoms with Crippen molar-refractivity contribution in [3.63, 3.8) is 0 Å². The predicted octanol–water partition coefficient (Wildman–Crippen LogP) is 4.04. The van der Waals surface area contributed by atoms with E-state index in [9.17, 15) is 9.18 Å². The summed E-state index contributed by atoms with van der Waals surface area (Å²) in [5.74, 6) is 0.934. The van der Waals surface area contributed by atoms with Crippen LogP contribution in [0.25, 0.3) is 11.5 Å². The lowest BCUT2D eigenvalue weighted by Crippen LogP contribution is -2.23. The molecule has 25 heavy (non-hydrogen) atoms. The van der Waals surface area contributed by atoms with Crippen LogP contribution in [0.4, 0.5) is 4.39 Å². The zero-order chi connectivity index (χ0) is 17.6. The number of carbonyl (C=O) groups is 1. The molecule has 1 amide bonds. The molecule has 0 bridgehead atoms. The van der Waals surface area contributed by atoms with Crippen LogP contribution in [0.2, 0.25) is 0 Å². The summed E-state index contributed by atoms with van der Waals surface area (Å²) >= 11 is 0. The fourth-order valence-electron chi connectivity index (χ4n) is 2.49. The fourth-order valence-corrected chi connectivity index (χ4v) is 2.49. The minimum Gasteiger partial charge on any atom is -0.441 e. The first-order chi connectivity index (χ1) is 12.1. The van der Waals surface area contributed by atoms with Gasteiger partial charge in [0.25, 0.3) is 0 Å². The average Bonchev–Trinajstić information content (AvgIpc) is 3.01. The minimum atomic E-state index is -0.286. The second-order valence-corrected chi connectivity index (χ2v) is 5.79. The first-order valence-electron chi connectivity index (χ1n) is 8.14. The van der Waals surface area contributed by atoms with E-state index in [-0.39, 0.29) is 11.7 Å². The van der Waals surface area contributed by atoms with Gasteiger partial charge in [0.15, 0.2) is 0 Å². The monoisotopic (exact) mass is 338 g/mol. The van der Waals surface area contributed by atoms with Gasteiger partial charge in [-0.1, -0.05) is 30.3 Å². The van der Waals surface area contributed by atoms with E-state index < -0.39 is 0 Å². The third kappa shape index (κ3) is 4.53. The molecule has 4 nitrogen and oxygen atoms in total. The molecule has 0 aliphatic carbocycles. The molecule has 0 unspecified atom stereocenters. The van der Waals surface area contributed by atoms with Crippen molar-refractivity contribution >= 4 is 5.91 Å². The van der Waals surface area contributed by atoms with Gasteiger partial charge in [0.05, 0.1) is 5.69 Å². The lowest BCUT2D eigenvalue weighted by Gasteiger charge is -2.04. The number of rotatable bonds is 6. The quantitative estimate of drug-likeness (QED) is 0.738. The Balaban J connectivity index is 1.53. The third-order valence-electron chi connectivity index (χ3n) is 3.91. The molecular weight excluding hydrogens is 319 g/mol. The van der Waals surface area contributed by atoms with Crippen LogP contribution in [-0.2, 0) is 17.8 Å². The Hall–Kier alpha value is -2.95. The van der Waals surface area contributed by atoms with Gasteiger partial charge in [0, 0.05) is 24.9 Å². The molecule has 2 aromatic carbocycles. The van der Waals surface area contributed by atoms with Crippen molar-refractivity contribution < 1.29 is 13.6 Å². The molecule has 0 atom stereocenters. The molecule has 5 heteroatoms. The summed E-state index contributed by atoms with van der Waals surface area (Å²) in [6.45, 7) is 2.23. The van der Waals surface area contributed by atoms with Gasteiger partial charge in [-0.15, -0.1) is 0 Å². The van der Waals surface area contributed by atoms with E-state index in [1.54, 1.807) is 12.1 Å². The normalized spacial score (nSPS) is 10.6. The highest BCUT2D eigenvalue weighted by molar-refractivity contribution is 5.76. The van der Waals surface area contributed by atoms with Crippen LogP contribution in [0.1, 0.15) is 23.4 Å². The van der Waals surface area contributed by atoms with Crippen LogP contribution < -0.4 is 5.32 Å². The highest BCUT2D eigenvalue weighted by Gasteiger charge is 2.12. The van der Waals surface area contributed by atoms with Gasteiger partial charge in [0.2, 0.25) is 11.8 Å². The number of amides is 1. The maximum absolute atomic E-state index is 12.9. The molecule has 3 aromatic rings. The maximum Gasteiger partial charge on any atom is 0.226 e. The first-order valence-corrected chi connectivity index (χ1v) is 8.14. The van der Waals surface area contributed by atoms with E-state index in [1.807, 2.05) is 37.3 Å². The molecule has 0 fully saturated rings. The molecule has 0 spiro atoms. The SMILES string of the molecule is Cc1oc(-c2ccccc2)nc1CCC(=O)NCc1ccc(F)cc1. The number of oxazole rings is 1. The standard InChI is InChI=1S/C20H19FN2O2/c1-14-18(23-20(25-14)16-5-3-2-4-6-16)11-12-19(24)22-13-15-7-9-17(21)10-8-15/h2-10H,11-13H2,1H3,(H,22,24). The van der Waals surface area contributed by atoms with E-state index in [4.69, 9.17) is 4.42 Å². The maximum atomic E-state index is 12.9. The molecule has 0 aliphatic rings. The van der Waals surface area contributed by atoms with Crippen molar-refractivity contribution in [1.82, 2.24) is 10.3 Å². The molecule has 3 rings (SSSR count). The Kier molecular flexibility index (Phi) is 5.23. The Bertz CT molecular complexity index is 842. The highest BCUT2D eigenvalue weighted by atomic mass is 19.1. The molecule has 0 saturated heterocycles. The molecule has 0 saturated carbocycles. The van der Waals surface area contributed by atoms with Crippen molar-refractivity contribution in [1.29, 1.82) is 0 Å². The van der Waals surface area contributed by atoms with Crippen molar-refractivity contribution in [2.75, 3.05) is 0 Å². The number of aryl methyl sites for hydroxylation is 2. The number of nitrogens with one attached hydrogen (secondary N) is 1. The summed E-state index contributed by atoms with van der Waals surface area (Å²) in [4.78, 5) is 16.5. The number of halogens is 1. The fraction of sp³-hybridized carbons (Fsp3) is 0.200. The summed E-state index contributed by atoms with van der Waals surface area (Å²) in [5.41, 5.74) is 2.56. The molecule has 1 N–H and O–H groups in total. The molecule has 0 aliphatic heterocycles. The third-order valence-corrected chi connectivity index (χ3v) is 3.91. The number of hydrogen-bond donors (Lipinski definition) is 1. The topological polar surface area (TPSA) is 55.1 Å². The van der Waals surface area contributed by atoms with Crippen LogP contribution in [0, 0.1) is 12.7 Å². The molecule has 1 heterocycles. The number of hydrogen-bond acceptors (Lipinski definition) is 3. The van der Waals surface area contributed by atoms with Crippen LogP contribution in [0.15, 0.2) is 59.0 Å². The summed E-state index contributed by atoms with van der Waals surface area (Å²) in [7, 11) is 0. The van der Waals surface area contributed by atoms with E-state index in [2.05, 4.69) is 10.3 Å². The largest absolute Gasteiger partial charge is 0.441 e. The lowest BCUT2D eigenvalue weighted by molar-refractivity contribution is -0.121. The lowest BCUT2D eigenvalue weighted by atomic mass is 10.2. The number of aromatic nitrogens is 1. The van der Waals surface area contributed by atoms with E-state index in [1.165, 1.54) is 12.1 Å². The second kappa shape index (κ2) is 7.75. The Labute approximate surface area is 145 Å². The number of nitrogens with zero attached hydrogens (tertiary/aromatic N) is 1. The van der Waals surface area contributed by atoms with Gasteiger partial charge in [-0.05, 0) is 36.8 Å². The zero-order valence-electron chi connectivity index (χ0n) is 14.0. The van der Waals surface area contributed by atoms with Crippen LogP contribution >= 0.6 is 0 Å². The van der Waals surface area contributed by atoms with E-state index >= 15 is 0 Å². The minimum absolute atomic E-state index is 0.0759. The van der Waals surface area contributed by atoms with Gasteiger partial charge >= 0.3 is 0 Å². The smallest absolute Gasteiger partial charge is 0.226 e. The van der Waals surface area contributed by atoms with Crippen LogP contribution in [0.3, 0.4) is 0 Å². The Morgan fingerprint density at radius 3 is 2.56 bits per heavy atom. The zero-order valence-corrected chi connectivity index (χ0v) is 14.0. The van der Waals surface area contributed by atoms with Gasteiger partial charge < -0.3 is 9.73 Å². The predicted molar refractivity (Wildman–Crippen MR) is 93.2 cm³/mol. The van der Waals surface area contributed by atoms with Gasteiger partial charge in [-0.2, -0.15) is 0 Å². The van der Waals surface area contributed by atoms with Crippen molar-refractivity contribution in [2.24, 2.45) is 0 Å². The van der Waals surface area contributed by atoms with Crippen molar-refractivity contribution in [3.8, 4) is 11.5 Å². The average molecular weight is 338 g/mol. The van der Waals surface area contributed by atoms with Crippen LogP contribution in [0.5, 0.6) is 0 Å². The van der Waals surface area contributed by atoms with E-state index in [0.717, 1.165) is 22.6 Å². The van der Waals surface area contributed by atoms with Crippen molar-refractivity contribution in [3.05, 3.63) is 77.4 Å². The van der Waals surface area contributed by atoms with Crippen molar-refractivity contribution in [2.45, 2.75) is 26.3 Å². The Morgan fingerprint density at radius 1 is 1.12 bits per heavy atom. The number of benzene rings is 2. The molecule has 128 valence electrons. The molecule has 1 aromatic heterocycles.